The van der Waals surface area contributed by atoms with E-state index in [9.17, 15) is 4.79 Å². The highest BCUT2D eigenvalue weighted by Crippen LogP contribution is 2.31. The summed E-state index contributed by atoms with van der Waals surface area (Å²) in [7, 11) is 0. The summed E-state index contributed by atoms with van der Waals surface area (Å²) < 4.78 is 2.22. The Balaban J connectivity index is 2.03. The Morgan fingerprint density at radius 1 is 1.25 bits per heavy atom. The molecule has 0 spiro atoms. The summed E-state index contributed by atoms with van der Waals surface area (Å²) in [5, 5.41) is 4.33. The molecule has 106 valence electrons. The first-order valence-corrected chi connectivity index (χ1v) is 7.55. The second-order valence-electron chi connectivity index (χ2n) is 5.96. The lowest BCUT2D eigenvalue weighted by molar-refractivity contribution is -0.122. The molecular weight excluding hydrogens is 248 g/mol. The number of fused-ring (bicyclic) bond motifs is 3. The van der Waals surface area contributed by atoms with E-state index in [0.29, 0.717) is 6.54 Å². The van der Waals surface area contributed by atoms with E-state index in [2.05, 4.69) is 34.1 Å². The van der Waals surface area contributed by atoms with Gasteiger partial charge in [-0.15, -0.1) is 0 Å². The van der Waals surface area contributed by atoms with Gasteiger partial charge in [0.05, 0.1) is 0 Å². The largest absolute Gasteiger partial charge is 0.352 e. The van der Waals surface area contributed by atoms with Gasteiger partial charge >= 0.3 is 0 Å². The van der Waals surface area contributed by atoms with E-state index in [0.717, 1.165) is 12.8 Å². The lowest BCUT2D eigenvalue weighted by Gasteiger charge is -2.16. The zero-order valence-electron chi connectivity index (χ0n) is 12.3. The highest BCUT2D eigenvalue weighted by Gasteiger charge is 2.20. The molecular formula is C17H22N2O. The van der Waals surface area contributed by atoms with Crippen molar-refractivity contribution in [3.63, 3.8) is 0 Å². The highest BCUT2D eigenvalue weighted by molar-refractivity contribution is 5.88. The second-order valence-corrected chi connectivity index (χ2v) is 5.96. The van der Waals surface area contributed by atoms with Crippen LogP contribution in [-0.2, 0) is 24.2 Å². The summed E-state index contributed by atoms with van der Waals surface area (Å²) in [6, 6.07) is 8.67. The first-order chi connectivity index (χ1) is 9.66. The average Bonchev–Trinajstić information content (AvgIpc) is 2.73. The van der Waals surface area contributed by atoms with Crippen molar-refractivity contribution in [3.8, 4) is 0 Å². The van der Waals surface area contributed by atoms with Crippen LogP contribution in [0, 0.1) is 0 Å². The normalized spacial score (nSPS) is 14.6. The summed E-state index contributed by atoms with van der Waals surface area (Å²) in [5.41, 5.74) is 4.04. The van der Waals surface area contributed by atoms with Crippen molar-refractivity contribution in [2.75, 3.05) is 0 Å². The Morgan fingerprint density at radius 3 is 2.80 bits per heavy atom. The number of hydrogen-bond donors (Lipinski definition) is 1. The van der Waals surface area contributed by atoms with Crippen molar-refractivity contribution in [2.24, 2.45) is 0 Å². The topological polar surface area (TPSA) is 34.0 Å². The van der Waals surface area contributed by atoms with E-state index in [1.165, 1.54) is 35.0 Å². The van der Waals surface area contributed by atoms with Crippen LogP contribution in [0.4, 0.5) is 0 Å². The number of carbonyl (C=O) groups excluding carboxylic acids is 1. The molecule has 0 aliphatic heterocycles. The minimum atomic E-state index is 0.106. The number of rotatable bonds is 3. The molecule has 20 heavy (non-hydrogen) atoms. The molecule has 1 aromatic carbocycles. The SMILES string of the molecule is CC(C)NC(=O)Cn1c2c(c3ccccc31)CCCC2. The average molecular weight is 270 g/mol. The van der Waals surface area contributed by atoms with Crippen molar-refractivity contribution in [1.82, 2.24) is 9.88 Å². The maximum atomic E-state index is 12.1. The van der Waals surface area contributed by atoms with E-state index in [4.69, 9.17) is 0 Å². The number of carbonyl (C=O) groups is 1. The van der Waals surface area contributed by atoms with Gasteiger partial charge in [-0.3, -0.25) is 4.79 Å². The number of aryl methyl sites for hydroxylation is 1. The van der Waals surface area contributed by atoms with E-state index in [-0.39, 0.29) is 11.9 Å². The Labute approximate surface area is 120 Å². The van der Waals surface area contributed by atoms with Crippen LogP contribution in [0.1, 0.15) is 37.9 Å². The van der Waals surface area contributed by atoms with E-state index < -0.39 is 0 Å². The zero-order chi connectivity index (χ0) is 14.1. The molecule has 0 unspecified atom stereocenters. The second kappa shape index (κ2) is 5.31. The molecule has 1 heterocycles. The highest BCUT2D eigenvalue weighted by atomic mass is 16.2. The van der Waals surface area contributed by atoms with Crippen molar-refractivity contribution >= 4 is 16.8 Å². The smallest absolute Gasteiger partial charge is 0.240 e. The third kappa shape index (κ3) is 2.33. The fraction of sp³-hybridized carbons (Fsp3) is 0.471. The third-order valence-electron chi connectivity index (χ3n) is 4.04. The first-order valence-electron chi connectivity index (χ1n) is 7.55. The van der Waals surface area contributed by atoms with E-state index in [1.807, 2.05) is 13.8 Å². The monoisotopic (exact) mass is 270 g/mol. The molecule has 0 bridgehead atoms. The van der Waals surface area contributed by atoms with Gasteiger partial charge in [0, 0.05) is 22.6 Å². The molecule has 1 amide bonds. The van der Waals surface area contributed by atoms with Crippen LogP contribution in [0.3, 0.4) is 0 Å². The summed E-state index contributed by atoms with van der Waals surface area (Å²) in [6.07, 6.45) is 4.74. The maximum absolute atomic E-state index is 12.1. The third-order valence-corrected chi connectivity index (χ3v) is 4.04. The standard InChI is InChI=1S/C17H22N2O/c1-12(2)18-17(20)11-19-15-9-5-3-7-13(15)14-8-4-6-10-16(14)19/h3,5,7,9,12H,4,6,8,10-11H2,1-2H3,(H,18,20). The molecule has 3 heteroatoms. The molecule has 0 saturated carbocycles. The van der Waals surface area contributed by atoms with Gasteiger partial charge in [0.1, 0.15) is 6.54 Å². The molecule has 1 aliphatic carbocycles. The Morgan fingerprint density at radius 2 is 2.00 bits per heavy atom. The fourth-order valence-corrected chi connectivity index (χ4v) is 3.28. The van der Waals surface area contributed by atoms with Gasteiger partial charge in [-0.25, -0.2) is 0 Å². The number of aromatic nitrogens is 1. The molecule has 1 N–H and O–H groups in total. The van der Waals surface area contributed by atoms with Crippen LogP contribution in [0.2, 0.25) is 0 Å². The lowest BCUT2D eigenvalue weighted by Crippen LogP contribution is -2.33. The van der Waals surface area contributed by atoms with Gasteiger partial charge in [-0.1, -0.05) is 18.2 Å². The predicted octanol–water partition coefficient (Wildman–Crippen LogP) is 3.04. The van der Waals surface area contributed by atoms with Gasteiger partial charge in [-0.2, -0.15) is 0 Å². The Bertz CT molecular complexity index is 640. The lowest BCUT2D eigenvalue weighted by atomic mass is 9.96. The van der Waals surface area contributed by atoms with Crippen LogP contribution in [0.15, 0.2) is 24.3 Å². The predicted molar refractivity (Wildman–Crippen MR) is 81.9 cm³/mol. The molecule has 2 aromatic rings. The van der Waals surface area contributed by atoms with Gasteiger partial charge in [0.2, 0.25) is 5.91 Å². The van der Waals surface area contributed by atoms with Gasteiger partial charge in [0.25, 0.3) is 0 Å². The fourth-order valence-electron chi connectivity index (χ4n) is 3.28. The van der Waals surface area contributed by atoms with Gasteiger partial charge in [0.15, 0.2) is 0 Å². The van der Waals surface area contributed by atoms with Crippen LogP contribution < -0.4 is 5.32 Å². The Hall–Kier alpha value is -1.77. The molecule has 0 atom stereocenters. The first kappa shape index (κ1) is 13.2. The number of nitrogens with one attached hydrogen (secondary N) is 1. The molecule has 0 fully saturated rings. The molecule has 3 nitrogen and oxygen atoms in total. The molecule has 1 aromatic heterocycles. The summed E-state index contributed by atoms with van der Waals surface area (Å²) in [4.78, 5) is 12.1. The zero-order valence-corrected chi connectivity index (χ0v) is 12.3. The van der Waals surface area contributed by atoms with Crippen LogP contribution >= 0.6 is 0 Å². The number of amides is 1. The Kier molecular flexibility index (Phi) is 3.51. The minimum Gasteiger partial charge on any atom is -0.352 e. The molecule has 1 aliphatic rings. The number of nitrogens with zero attached hydrogens (tertiary/aromatic N) is 1. The molecule has 0 saturated heterocycles. The van der Waals surface area contributed by atoms with Crippen LogP contribution in [0.5, 0.6) is 0 Å². The maximum Gasteiger partial charge on any atom is 0.240 e. The van der Waals surface area contributed by atoms with Crippen molar-refractivity contribution in [3.05, 3.63) is 35.5 Å². The minimum absolute atomic E-state index is 0.106. The number of para-hydroxylation sites is 1. The van der Waals surface area contributed by atoms with Crippen LogP contribution in [0.25, 0.3) is 10.9 Å². The quantitative estimate of drug-likeness (QED) is 0.914. The van der Waals surface area contributed by atoms with Gasteiger partial charge in [-0.05, 0) is 51.2 Å². The van der Waals surface area contributed by atoms with E-state index in [1.54, 1.807) is 0 Å². The summed E-state index contributed by atoms with van der Waals surface area (Å²) in [6.45, 7) is 4.44. The number of benzene rings is 1. The van der Waals surface area contributed by atoms with Crippen LogP contribution in [-0.4, -0.2) is 16.5 Å². The molecule has 3 rings (SSSR count). The number of hydrogen-bond acceptors (Lipinski definition) is 1. The van der Waals surface area contributed by atoms with Crippen molar-refractivity contribution < 1.29 is 4.79 Å². The van der Waals surface area contributed by atoms with Gasteiger partial charge < -0.3 is 9.88 Å². The summed E-state index contributed by atoms with van der Waals surface area (Å²) >= 11 is 0. The summed E-state index contributed by atoms with van der Waals surface area (Å²) in [5.74, 6) is 0.106. The van der Waals surface area contributed by atoms with E-state index >= 15 is 0 Å². The van der Waals surface area contributed by atoms with Crippen molar-refractivity contribution in [1.29, 1.82) is 0 Å². The van der Waals surface area contributed by atoms with Crippen molar-refractivity contribution in [2.45, 2.75) is 52.1 Å². The molecule has 0 radical (unpaired) electrons.